The zero-order valence-electron chi connectivity index (χ0n) is 12.5. The summed E-state index contributed by atoms with van der Waals surface area (Å²) in [6, 6.07) is 5.54. The summed E-state index contributed by atoms with van der Waals surface area (Å²) in [7, 11) is 1.63. The van der Waals surface area contributed by atoms with E-state index in [1.54, 1.807) is 7.11 Å². The van der Waals surface area contributed by atoms with Crippen LogP contribution >= 0.6 is 0 Å². The fourth-order valence-corrected chi connectivity index (χ4v) is 1.78. The van der Waals surface area contributed by atoms with E-state index in [0.29, 0.717) is 13.2 Å². The van der Waals surface area contributed by atoms with E-state index < -0.39 is 0 Å². The van der Waals surface area contributed by atoms with Crippen LogP contribution in [0.15, 0.2) is 18.2 Å². The lowest BCUT2D eigenvalue weighted by Gasteiger charge is -2.21. The third-order valence-corrected chi connectivity index (χ3v) is 2.58. The second-order valence-corrected chi connectivity index (χ2v) is 5.47. The van der Waals surface area contributed by atoms with Gasteiger partial charge in [-0.15, -0.1) is 0 Å². The lowest BCUT2D eigenvalue weighted by Crippen LogP contribution is -2.22. The SMILES string of the molecule is COc1cccc(OCCOC(C)(C)C)c1C(C)N. The molecule has 0 amide bonds. The molecule has 0 saturated heterocycles. The van der Waals surface area contributed by atoms with Crippen LogP contribution in [0.2, 0.25) is 0 Å². The van der Waals surface area contributed by atoms with Gasteiger partial charge in [-0.3, -0.25) is 0 Å². The minimum atomic E-state index is -0.151. The van der Waals surface area contributed by atoms with Crippen LogP contribution in [0.25, 0.3) is 0 Å². The van der Waals surface area contributed by atoms with E-state index in [4.69, 9.17) is 19.9 Å². The molecule has 0 saturated carbocycles. The maximum atomic E-state index is 5.97. The van der Waals surface area contributed by atoms with Crippen molar-refractivity contribution in [3.8, 4) is 11.5 Å². The van der Waals surface area contributed by atoms with Crippen LogP contribution in [0.1, 0.15) is 39.3 Å². The molecule has 0 aliphatic rings. The monoisotopic (exact) mass is 267 g/mol. The van der Waals surface area contributed by atoms with Crippen LogP contribution in [0, 0.1) is 0 Å². The number of ether oxygens (including phenoxy) is 3. The van der Waals surface area contributed by atoms with Crippen LogP contribution in [-0.2, 0) is 4.74 Å². The molecular weight excluding hydrogens is 242 g/mol. The molecule has 19 heavy (non-hydrogen) atoms. The summed E-state index contributed by atoms with van der Waals surface area (Å²) in [5.74, 6) is 1.51. The van der Waals surface area contributed by atoms with Crippen LogP contribution in [0.4, 0.5) is 0 Å². The quantitative estimate of drug-likeness (QED) is 0.805. The van der Waals surface area contributed by atoms with Gasteiger partial charge in [-0.2, -0.15) is 0 Å². The van der Waals surface area contributed by atoms with Crippen LogP contribution in [0.3, 0.4) is 0 Å². The Morgan fingerprint density at radius 1 is 1.16 bits per heavy atom. The number of rotatable bonds is 6. The second-order valence-electron chi connectivity index (χ2n) is 5.47. The van der Waals surface area contributed by atoms with E-state index in [-0.39, 0.29) is 11.6 Å². The van der Waals surface area contributed by atoms with Gasteiger partial charge in [-0.25, -0.2) is 0 Å². The van der Waals surface area contributed by atoms with Crippen molar-refractivity contribution in [2.45, 2.75) is 39.3 Å². The van der Waals surface area contributed by atoms with Crippen molar-refractivity contribution in [3.05, 3.63) is 23.8 Å². The highest BCUT2D eigenvalue weighted by atomic mass is 16.5. The van der Waals surface area contributed by atoms with Gasteiger partial charge in [0, 0.05) is 6.04 Å². The summed E-state index contributed by atoms with van der Waals surface area (Å²) in [6.45, 7) is 9.00. The molecule has 1 unspecified atom stereocenters. The lowest BCUT2D eigenvalue weighted by atomic mass is 10.1. The molecule has 0 bridgehead atoms. The Kier molecular flexibility index (Phi) is 5.63. The molecule has 4 heteroatoms. The number of methoxy groups -OCH3 is 1. The van der Waals surface area contributed by atoms with Crippen molar-refractivity contribution >= 4 is 0 Å². The predicted molar refractivity (Wildman–Crippen MR) is 76.8 cm³/mol. The Morgan fingerprint density at radius 2 is 1.79 bits per heavy atom. The first kappa shape index (κ1) is 15.8. The fraction of sp³-hybridized carbons (Fsp3) is 0.600. The average Bonchev–Trinajstić information content (AvgIpc) is 2.32. The molecule has 0 heterocycles. The summed E-state index contributed by atoms with van der Waals surface area (Å²) in [6.07, 6.45) is 0. The molecule has 0 fully saturated rings. The number of hydrogen-bond acceptors (Lipinski definition) is 4. The first-order chi connectivity index (χ1) is 8.85. The molecule has 0 aliphatic carbocycles. The zero-order chi connectivity index (χ0) is 14.5. The van der Waals surface area contributed by atoms with Gasteiger partial charge >= 0.3 is 0 Å². The van der Waals surface area contributed by atoms with Crippen LogP contribution < -0.4 is 15.2 Å². The molecule has 0 spiro atoms. The van der Waals surface area contributed by atoms with Crippen molar-refractivity contribution in [2.75, 3.05) is 20.3 Å². The maximum absolute atomic E-state index is 5.97. The summed E-state index contributed by atoms with van der Waals surface area (Å²) >= 11 is 0. The van der Waals surface area contributed by atoms with E-state index in [0.717, 1.165) is 17.1 Å². The van der Waals surface area contributed by atoms with Crippen molar-refractivity contribution in [3.63, 3.8) is 0 Å². The Labute approximate surface area is 115 Å². The average molecular weight is 267 g/mol. The van der Waals surface area contributed by atoms with E-state index in [2.05, 4.69) is 0 Å². The van der Waals surface area contributed by atoms with Gasteiger partial charge < -0.3 is 19.9 Å². The fourth-order valence-electron chi connectivity index (χ4n) is 1.78. The zero-order valence-corrected chi connectivity index (χ0v) is 12.5. The van der Waals surface area contributed by atoms with Crippen molar-refractivity contribution in [2.24, 2.45) is 5.73 Å². The van der Waals surface area contributed by atoms with Crippen LogP contribution in [0.5, 0.6) is 11.5 Å². The normalized spacial score (nSPS) is 13.2. The van der Waals surface area contributed by atoms with E-state index in [1.807, 2.05) is 45.9 Å². The van der Waals surface area contributed by atoms with Gasteiger partial charge in [0.15, 0.2) is 0 Å². The molecule has 108 valence electrons. The number of hydrogen-bond donors (Lipinski definition) is 1. The summed E-state index contributed by atoms with van der Waals surface area (Å²) in [5.41, 5.74) is 6.71. The summed E-state index contributed by atoms with van der Waals surface area (Å²) < 4.78 is 16.7. The third-order valence-electron chi connectivity index (χ3n) is 2.58. The van der Waals surface area contributed by atoms with E-state index >= 15 is 0 Å². The van der Waals surface area contributed by atoms with Crippen molar-refractivity contribution in [1.82, 2.24) is 0 Å². The predicted octanol–water partition coefficient (Wildman–Crippen LogP) is 2.91. The Morgan fingerprint density at radius 3 is 2.32 bits per heavy atom. The third kappa shape index (κ3) is 5.09. The number of benzene rings is 1. The largest absolute Gasteiger partial charge is 0.496 e. The van der Waals surface area contributed by atoms with Crippen LogP contribution in [-0.4, -0.2) is 25.9 Å². The van der Waals surface area contributed by atoms with Gasteiger partial charge in [0.05, 0.1) is 24.9 Å². The molecular formula is C15H25NO3. The number of nitrogens with two attached hydrogens (primary N) is 1. The van der Waals surface area contributed by atoms with Crippen molar-refractivity contribution in [1.29, 1.82) is 0 Å². The van der Waals surface area contributed by atoms with Gasteiger partial charge in [0.25, 0.3) is 0 Å². The summed E-state index contributed by atoms with van der Waals surface area (Å²) in [5, 5.41) is 0. The van der Waals surface area contributed by atoms with Crippen molar-refractivity contribution < 1.29 is 14.2 Å². The van der Waals surface area contributed by atoms with E-state index in [1.165, 1.54) is 0 Å². The highest BCUT2D eigenvalue weighted by Crippen LogP contribution is 2.32. The lowest BCUT2D eigenvalue weighted by molar-refractivity contribution is -0.0164. The highest BCUT2D eigenvalue weighted by Gasteiger charge is 2.15. The maximum Gasteiger partial charge on any atom is 0.127 e. The molecule has 4 nitrogen and oxygen atoms in total. The molecule has 0 aliphatic heterocycles. The topological polar surface area (TPSA) is 53.7 Å². The molecule has 2 N–H and O–H groups in total. The van der Waals surface area contributed by atoms with Gasteiger partial charge in [-0.05, 0) is 39.8 Å². The molecule has 0 aromatic heterocycles. The second kappa shape index (κ2) is 6.78. The minimum absolute atomic E-state index is 0.144. The Bertz CT molecular complexity index is 397. The molecule has 1 aromatic rings. The first-order valence-electron chi connectivity index (χ1n) is 6.54. The van der Waals surface area contributed by atoms with E-state index in [9.17, 15) is 0 Å². The smallest absolute Gasteiger partial charge is 0.127 e. The Balaban J connectivity index is 2.68. The van der Waals surface area contributed by atoms with Gasteiger partial charge in [0.1, 0.15) is 18.1 Å². The standard InChI is InChI=1S/C15H25NO3/c1-11(16)14-12(17-5)7-6-8-13(14)18-9-10-19-15(2,3)4/h6-8,11H,9-10,16H2,1-5H3. The molecule has 0 radical (unpaired) electrons. The van der Waals surface area contributed by atoms with Gasteiger partial charge in [-0.1, -0.05) is 6.07 Å². The van der Waals surface area contributed by atoms with Gasteiger partial charge in [0.2, 0.25) is 0 Å². The minimum Gasteiger partial charge on any atom is -0.496 e. The Hall–Kier alpha value is -1.26. The first-order valence-corrected chi connectivity index (χ1v) is 6.54. The summed E-state index contributed by atoms with van der Waals surface area (Å²) in [4.78, 5) is 0. The molecule has 1 rings (SSSR count). The molecule has 1 aromatic carbocycles. The highest BCUT2D eigenvalue weighted by molar-refractivity contribution is 5.46. The molecule has 1 atom stereocenters.